The van der Waals surface area contributed by atoms with Gasteiger partial charge < -0.3 is 15.8 Å². The molecule has 0 aliphatic carbocycles. The highest BCUT2D eigenvalue weighted by Crippen LogP contribution is 2.28. The van der Waals surface area contributed by atoms with Crippen LogP contribution in [-0.2, 0) is 0 Å². The second kappa shape index (κ2) is 7.13. The highest BCUT2D eigenvalue weighted by molar-refractivity contribution is 5.96. The van der Waals surface area contributed by atoms with Crippen molar-refractivity contribution in [1.82, 2.24) is 9.97 Å². The van der Waals surface area contributed by atoms with E-state index in [1.54, 1.807) is 18.2 Å². The first-order chi connectivity index (χ1) is 14.6. The average Bonchev–Trinajstić information content (AvgIpc) is 3.22. The predicted octanol–water partition coefficient (Wildman–Crippen LogP) is 4.56. The maximum absolute atomic E-state index is 11.4. The van der Waals surface area contributed by atoms with Gasteiger partial charge in [0, 0.05) is 11.1 Å². The number of nitrogens with two attached hydrogens (primary N) is 1. The third-order valence-electron chi connectivity index (χ3n) is 5.36. The maximum Gasteiger partial charge on any atom is 0.248 e. The lowest BCUT2D eigenvalue weighted by Crippen LogP contribution is -2.10. The second-order valence-corrected chi connectivity index (χ2v) is 7.31. The third kappa shape index (κ3) is 3.21. The first kappa shape index (κ1) is 18.1. The van der Waals surface area contributed by atoms with Crippen LogP contribution in [0.4, 0.5) is 0 Å². The van der Waals surface area contributed by atoms with E-state index in [1.165, 1.54) is 0 Å². The lowest BCUT2D eigenvalue weighted by atomic mass is 9.98. The summed E-state index contributed by atoms with van der Waals surface area (Å²) < 4.78 is 0. The summed E-state index contributed by atoms with van der Waals surface area (Å²) in [5.41, 5.74) is 9.83. The summed E-state index contributed by atoms with van der Waals surface area (Å²) in [4.78, 5) is 19.2. The highest BCUT2D eigenvalue weighted by Gasteiger charge is 2.13. The summed E-state index contributed by atoms with van der Waals surface area (Å²) in [5.74, 6) is 0.215. The molecule has 5 rings (SSSR count). The van der Waals surface area contributed by atoms with Crippen LogP contribution < -0.4 is 5.73 Å². The van der Waals surface area contributed by atoms with Crippen molar-refractivity contribution < 1.29 is 9.90 Å². The molecule has 0 spiro atoms. The minimum atomic E-state index is -0.711. The normalized spacial score (nSPS) is 12.3. The Labute approximate surface area is 172 Å². The fourth-order valence-electron chi connectivity index (χ4n) is 3.69. The molecular weight excluding hydrogens is 374 g/mol. The van der Waals surface area contributed by atoms with Crippen molar-refractivity contribution >= 4 is 27.7 Å². The van der Waals surface area contributed by atoms with E-state index in [1.807, 2.05) is 60.7 Å². The van der Waals surface area contributed by atoms with Crippen molar-refractivity contribution in [3.05, 3.63) is 102 Å². The summed E-state index contributed by atoms with van der Waals surface area (Å²) >= 11 is 0. The number of hydrogen-bond donors (Lipinski definition) is 3. The first-order valence-corrected chi connectivity index (χ1v) is 9.65. The Balaban J connectivity index is 1.44. The summed E-state index contributed by atoms with van der Waals surface area (Å²) in [6.45, 7) is 0. The molecule has 0 saturated carbocycles. The molecule has 1 heterocycles. The van der Waals surface area contributed by atoms with Gasteiger partial charge in [-0.25, -0.2) is 4.98 Å². The van der Waals surface area contributed by atoms with Crippen LogP contribution in [0, 0.1) is 0 Å². The fraction of sp³-hybridized carbons (Fsp3) is 0.0400. The van der Waals surface area contributed by atoms with Crippen molar-refractivity contribution in [3.63, 3.8) is 0 Å². The highest BCUT2D eigenvalue weighted by atomic mass is 16.3. The van der Waals surface area contributed by atoms with Crippen LogP contribution in [0.25, 0.3) is 33.2 Å². The minimum absolute atomic E-state index is 0.425. The number of H-pyrrole nitrogens is 1. The number of aliphatic hydroxyl groups is 1. The predicted molar refractivity (Wildman–Crippen MR) is 118 cm³/mol. The Bertz CT molecular complexity index is 1390. The number of hydrogen-bond acceptors (Lipinski definition) is 3. The first-order valence-electron chi connectivity index (χ1n) is 9.65. The zero-order valence-electron chi connectivity index (χ0n) is 16.0. The molecule has 0 aliphatic heterocycles. The summed E-state index contributed by atoms with van der Waals surface area (Å²) in [6, 6.07) is 26.9. The molecule has 0 bridgehead atoms. The van der Waals surface area contributed by atoms with Gasteiger partial charge in [-0.15, -0.1) is 0 Å². The number of nitrogens with zero attached hydrogens (tertiary/aromatic N) is 1. The lowest BCUT2D eigenvalue weighted by Gasteiger charge is -2.13. The quantitative estimate of drug-likeness (QED) is 0.418. The SMILES string of the molecule is NC(=O)c1ccc2[nH]c(-c3ccc(C(O)c4ccc5ccccc5c4)cc3)nc2c1. The number of aromatic nitrogens is 2. The molecule has 1 atom stereocenters. The number of nitrogens with one attached hydrogen (secondary N) is 1. The molecule has 0 radical (unpaired) electrons. The van der Waals surface area contributed by atoms with Gasteiger partial charge >= 0.3 is 0 Å². The van der Waals surface area contributed by atoms with E-state index in [0.29, 0.717) is 16.9 Å². The number of primary amides is 1. The number of imidazole rings is 1. The zero-order valence-corrected chi connectivity index (χ0v) is 16.0. The van der Waals surface area contributed by atoms with Gasteiger partial charge in [0.15, 0.2) is 0 Å². The van der Waals surface area contributed by atoms with E-state index in [0.717, 1.165) is 33.0 Å². The monoisotopic (exact) mass is 393 g/mol. The van der Waals surface area contributed by atoms with E-state index in [2.05, 4.69) is 16.0 Å². The number of carbonyl (C=O) groups is 1. The van der Waals surface area contributed by atoms with Crippen LogP contribution in [0.15, 0.2) is 84.9 Å². The molecule has 30 heavy (non-hydrogen) atoms. The molecule has 4 N–H and O–H groups in total. The van der Waals surface area contributed by atoms with E-state index in [-0.39, 0.29) is 0 Å². The Morgan fingerprint density at radius 1 is 0.867 bits per heavy atom. The van der Waals surface area contributed by atoms with Crippen LogP contribution in [0.5, 0.6) is 0 Å². The van der Waals surface area contributed by atoms with Crippen LogP contribution in [0.1, 0.15) is 27.6 Å². The summed E-state index contributed by atoms with van der Waals surface area (Å²) in [7, 11) is 0. The van der Waals surface area contributed by atoms with Gasteiger partial charge in [0.05, 0.1) is 11.0 Å². The molecular formula is C25H19N3O2. The standard InChI is InChI=1S/C25H19N3O2/c26-24(30)20-11-12-21-22(14-20)28-25(27-21)17-8-6-16(7-9-17)23(29)19-10-5-15-3-1-2-4-18(15)13-19/h1-14,23,29H,(H2,26,30)(H,27,28). The van der Waals surface area contributed by atoms with Crippen LogP contribution in [0.3, 0.4) is 0 Å². The van der Waals surface area contributed by atoms with E-state index in [9.17, 15) is 9.90 Å². The number of carbonyl (C=O) groups excluding carboxylic acids is 1. The molecule has 0 fully saturated rings. The fourth-order valence-corrected chi connectivity index (χ4v) is 3.69. The summed E-state index contributed by atoms with van der Waals surface area (Å²) in [6.07, 6.45) is -0.711. The molecule has 146 valence electrons. The number of benzene rings is 4. The van der Waals surface area contributed by atoms with Crippen LogP contribution in [-0.4, -0.2) is 21.0 Å². The minimum Gasteiger partial charge on any atom is -0.384 e. The van der Waals surface area contributed by atoms with E-state index < -0.39 is 12.0 Å². The second-order valence-electron chi connectivity index (χ2n) is 7.31. The summed E-state index contributed by atoms with van der Waals surface area (Å²) in [5, 5.41) is 13.1. The molecule has 1 aromatic heterocycles. The Morgan fingerprint density at radius 2 is 1.60 bits per heavy atom. The van der Waals surface area contributed by atoms with Crippen LogP contribution >= 0.6 is 0 Å². The number of aliphatic hydroxyl groups excluding tert-OH is 1. The Morgan fingerprint density at radius 3 is 2.37 bits per heavy atom. The molecule has 0 aliphatic rings. The van der Waals surface area contributed by atoms with Gasteiger partial charge in [0.1, 0.15) is 11.9 Å². The van der Waals surface area contributed by atoms with Crippen molar-refractivity contribution in [2.45, 2.75) is 6.10 Å². The average molecular weight is 393 g/mol. The number of rotatable bonds is 4. The largest absolute Gasteiger partial charge is 0.384 e. The van der Waals surface area contributed by atoms with Gasteiger partial charge in [-0.1, -0.05) is 60.7 Å². The topological polar surface area (TPSA) is 92.0 Å². The zero-order chi connectivity index (χ0) is 20.7. The van der Waals surface area contributed by atoms with Gasteiger partial charge in [-0.2, -0.15) is 0 Å². The Hall–Kier alpha value is -3.96. The van der Waals surface area contributed by atoms with Gasteiger partial charge in [-0.3, -0.25) is 4.79 Å². The van der Waals surface area contributed by atoms with Gasteiger partial charge in [0.2, 0.25) is 5.91 Å². The van der Waals surface area contributed by atoms with E-state index >= 15 is 0 Å². The van der Waals surface area contributed by atoms with Gasteiger partial charge in [-0.05, 0) is 46.2 Å². The smallest absolute Gasteiger partial charge is 0.248 e. The lowest BCUT2D eigenvalue weighted by molar-refractivity contribution is 0.100. The van der Waals surface area contributed by atoms with E-state index in [4.69, 9.17) is 5.73 Å². The number of fused-ring (bicyclic) bond motifs is 2. The van der Waals surface area contributed by atoms with Crippen LogP contribution in [0.2, 0.25) is 0 Å². The molecule has 4 aromatic carbocycles. The van der Waals surface area contributed by atoms with Crippen molar-refractivity contribution in [3.8, 4) is 11.4 Å². The Kier molecular flexibility index (Phi) is 4.30. The molecule has 0 saturated heterocycles. The molecule has 5 aromatic rings. The van der Waals surface area contributed by atoms with Crippen molar-refractivity contribution in [2.75, 3.05) is 0 Å². The van der Waals surface area contributed by atoms with Gasteiger partial charge in [0.25, 0.3) is 0 Å². The molecule has 5 heteroatoms. The molecule has 5 nitrogen and oxygen atoms in total. The number of aromatic amines is 1. The van der Waals surface area contributed by atoms with Crippen molar-refractivity contribution in [1.29, 1.82) is 0 Å². The third-order valence-corrected chi connectivity index (χ3v) is 5.36. The number of amides is 1. The van der Waals surface area contributed by atoms with Crippen molar-refractivity contribution in [2.24, 2.45) is 5.73 Å². The molecule has 1 unspecified atom stereocenters. The maximum atomic E-state index is 11.4. The molecule has 1 amide bonds.